The molecule has 0 saturated carbocycles. The number of nitrogens with zero attached hydrogens (tertiary/aromatic N) is 2. The highest BCUT2D eigenvalue weighted by Crippen LogP contribution is 2.03. The maximum Gasteiger partial charge on any atom is 0.329 e. The first-order chi connectivity index (χ1) is 10.2. The minimum Gasteiger partial charge on any atom is -0.339 e. The molecular formula is C14H17ClN4O3. The molecule has 0 unspecified atom stereocenters. The zero-order valence-corrected chi connectivity index (χ0v) is 12.7. The van der Waals surface area contributed by atoms with Gasteiger partial charge in [0.15, 0.2) is 0 Å². The minimum atomic E-state index is -0.554. The first-order valence-electron chi connectivity index (χ1n) is 6.87. The summed E-state index contributed by atoms with van der Waals surface area (Å²) in [5.74, 6) is -0.209. The number of fused-ring (bicyclic) bond motifs is 1. The number of H-pyrrole nitrogens is 1. The van der Waals surface area contributed by atoms with E-state index in [4.69, 9.17) is 0 Å². The van der Waals surface area contributed by atoms with Gasteiger partial charge in [0, 0.05) is 26.2 Å². The van der Waals surface area contributed by atoms with Crippen molar-refractivity contribution >= 4 is 29.2 Å². The van der Waals surface area contributed by atoms with Crippen molar-refractivity contribution in [2.75, 3.05) is 26.2 Å². The topological polar surface area (TPSA) is 87.2 Å². The Bertz CT molecular complexity index is 793. The smallest absolute Gasteiger partial charge is 0.329 e. The third kappa shape index (κ3) is 3.05. The van der Waals surface area contributed by atoms with Gasteiger partial charge >= 0.3 is 5.69 Å². The molecule has 1 fully saturated rings. The first-order valence-corrected chi connectivity index (χ1v) is 6.87. The summed E-state index contributed by atoms with van der Waals surface area (Å²) in [5.41, 5.74) is -0.501. The average molecular weight is 325 g/mol. The van der Waals surface area contributed by atoms with Crippen LogP contribution in [0.2, 0.25) is 0 Å². The molecule has 0 radical (unpaired) electrons. The van der Waals surface area contributed by atoms with Crippen LogP contribution >= 0.6 is 12.4 Å². The van der Waals surface area contributed by atoms with Crippen molar-refractivity contribution in [3.63, 3.8) is 0 Å². The molecule has 2 heterocycles. The van der Waals surface area contributed by atoms with Crippen LogP contribution in [0.3, 0.4) is 0 Å². The fourth-order valence-corrected chi connectivity index (χ4v) is 2.49. The predicted octanol–water partition coefficient (Wildman–Crippen LogP) is -0.457. The number of halogens is 1. The van der Waals surface area contributed by atoms with E-state index in [2.05, 4.69) is 10.3 Å². The molecule has 1 amide bonds. The number of carbonyl (C=O) groups excluding carboxylic acids is 1. The molecule has 1 aliphatic heterocycles. The summed E-state index contributed by atoms with van der Waals surface area (Å²) in [6.45, 7) is 2.43. The van der Waals surface area contributed by atoms with Gasteiger partial charge in [0.25, 0.3) is 5.56 Å². The van der Waals surface area contributed by atoms with E-state index in [0.29, 0.717) is 24.0 Å². The molecule has 1 aliphatic rings. The van der Waals surface area contributed by atoms with E-state index in [9.17, 15) is 14.4 Å². The Labute approximate surface area is 132 Å². The fraction of sp³-hybridized carbons (Fsp3) is 0.357. The van der Waals surface area contributed by atoms with E-state index in [0.717, 1.165) is 17.7 Å². The molecule has 0 spiro atoms. The summed E-state index contributed by atoms with van der Waals surface area (Å²) in [6.07, 6.45) is 0. The van der Waals surface area contributed by atoms with Crippen molar-refractivity contribution in [3.05, 3.63) is 45.1 Å². The van der Waals surface area contributed by atoms with Crippen molar-refractivity contribution in [1.82, 2.24) is 19.8 Å². The molecule has 0 bridgehead atoms. The van der Waals surface area contributed by atoms with E-state index >= 15 is 0 Å². The molecule has 0 aliphatic carbocycles. The van der Waals surface area contributed by atoms with Gasteiger partial charge in [0.1, 0.15) is 6.54 Å². The number of piperazine rings is 1. The Morgan fingerprint density at radius 2 is 1.82 bits per heavy atom. The maximum atomic E-state index is 12.3. The lowest BCUT2D eigenvalue weighted by molar-refractivity contribution is -0.132. The molecule has 2 aromatic rings. The molecule has 22 heavy (non-hydrogen) atoms. The Kier molecular flexibility index (Phi) is 4.99. The Hall–Kier alpha value is -2.12. The van der Waals surface area contributed by atoms with Gasteiger partial charge in [-0.3, -0.25) is 14.2 Å². The van der Waals surface area contributed by atoms with E-state index < -0.39 is 11.2 Å². The normalized spacial score (nSPS) is 14.6. The van der Waals surface area contributed by atoms with Gasteiger partial charge in [-0.05, 0) is 12.1 Å². The summed E-state index contributed by atoms with van der Waals surface area (Å²) >= 11 is 0. The van der Waals surface area contributed by atoms with Crippen LogP contribution in [-0.2, 0) is 11.3 Å². The SMILES string of the molecule is Cl.O=C(Cn1c(=O)[nH]c2ccccc2c1=O)N1CCNCC1. The molecule has 8 heteroatoms. The number of hydrogen-bond acceptors (Lipinski definition) is 4. The summed E-state index contributed by atoms with van der Waals surface area (Å²) in [6, 6.07) is 6.78. The number of nitrogens with one attached hydrogen (secondary N) is 2. The van der Waals surface area contributed by atoms with Gasteiger partial charge in [-0.1, -0.05) is 12.1 Å². The molecule has 2 N–H and O–H groups in total. The van der Waals surface area contributed by atoms with Crippen LogP contribution in [0, 0.1) is 0 Å². The van der Waals surface area contributed by atoms with E-state index in [1.807, 2.05) is 0 Å². The van der Waals surface area contributed by atoms with Crippen LogP contribution in [0.1, 0.15) is 0 Å². The van der Waals surface area contributed by atoms with Crippen LogP contribution in [-0.4, -0.2) is 46.5 Å². The predicted molar refractivity (Wildman–Crippen MR) is 85.5 cm³/mol. The third-order valence-electron chi connectivity index (χ3n) is 3.65. The molecule has 118 valence electrons. The standard InChI is InChI=1S/C14H16N4O3.ClH/c19-12(17-7-5-15-6-8-17)9-18-13(20)10-3-1-2-4-11(10)16-14(18)21;/h1-4,15H,5-9H2,(H,16,21);1H. The summed E-state index contributed by atoms with van der Waals surface area (Å²) in [4.78, 5) is 40.8. The molecule has 0 atom stereocenters. The van der Waals surface area contributed by atoms with Crippen molar-refractivity contribution in [1.29, 1.82) is 0 Å². The van der Waals surface area contributed by atoms with Crippen LogP contribution in [0.15, 0.2) is 33.9 Å². The van der Waals surface area contributed by atoms with Crippen LogP contribution in [0.5, 0.6) is 0 Å². The molecular weight excluding hydrogens is 308 g/mol. The van der Waals surface area contributed by atoms with Gasteiger partial charge in [-0.25, -0.2) is 4.79 Å². The largest absolute Gasteiger partial charge is 0.339 e. The number of hydrogen-bond donors (Lipinski definition) is 2. The Morgan fingerprint density at radius 1 is 1.14 bits per heavy atom. The highest BCUT2D eigenvalue weighted by molar-refractivity contribution is 5.85. The highest BCUT2D eigenvalue weighted by atomic mass is 35.5. The Balaban J connectivity index is 0.00000176. The van der Waals surface area contributed by atoms with Gasteiger partial charge < -0.3 is 15.2 Å². The van der Waals surface area contributed by atoms with Crippen LogP contribution in [0.4, 0.5) is 0 Å². The number of rotatable bonds is 2. The lowest BCUT2D eigenvalue weighted by Crippen LogP contribution is -2.49. The van der Waals surface area contributed by atoms with E-state index in [1.165, 1.54) is 0 Å². The average Bonchev–Trinajstić information content (AvgIpc) is 2.52. The summed E-state index contributed by atoms with van der Waals surface area (Å²) in [7, 11) is 0. The number of amides is 1. The van der Waals surface area contributed by atoms with Gasteiger partial charge in [-0.15, -0.1) is 12.4 Å². The zero-order valence-electron chi connectivity index (χ0n) is 11.9. The minimum absolute atomic E-state index is 0. The van der Waals surface area contributed by atoms with Gasteiger partial charge in [0.05, 0.1) is 10.9 Å². The first kappa shape index (κ1) is 16.3. The van der Waals surface area contributed by atoms with Crippen molar-refractivity contribution in [3.8, 4) is 0 Å². The number of para-hydroxylation sites is 1. The number of carbonyl (C=O) groups is 1. The molecule has 1 saturated heterocycles. The van der Waals surface area contributed by atoms with E-state index in [1.54, 1.807) is 29.2 Å². The highest BCUT2D eigenvalue weighted by Gasteiger charge is 2.18. The van der Waals surface area contributed by atoms with Gasteiger partial charge in [0.2, 0.25) is 5.91 Å². The van der Waals surface area contributed by atoms with Crippen molar-refractivity contribution < 1.29 is 4.79 Å². The Morgan fingerprint density at radius 3 is 2.55 bits per heavy atom. The summed E-state index contributed by atoms with van der Waals surface area (Å²) < 4.78 is 0.965. The second-order valence-electron chi connectivity index (χ2n) is 5.00. The number of aromatic nitrogens is 2. The third-order valence-corrected chi connectivity index (χ3v) is 3.65. The van der Waals surface area contributed by atoms with E-state index in [-0.39, 0.29) is 24.9 Å². The summed E-state index contributed by atoms with van der Waals surface area (Å²) in [5, 5.41) is 3.56. The van der Waals surface area contributed by atoms with Crippen molar-refractivity contribution in [2.45, 2.75) is 6.54 Å². The molecule has 1 aromatic heterocycles. The number of benzene rings is 1. The monoisotopic (exact) mass is 324 g/mol. The second kappa shape index (κ2) is 6.76. The molecule has 7 nitrogen and oxygen atoms in total. The molecule has 1 aromatic carbocycles. The lowest BCUT2D eigenvalue weighted by atomic mass is 10.2. The van der Waals surface area contributed by atoms with Gasteiger partial charge in [-0.2, -0.15) is 0 Å². The van der Waals surface area contributed by atoms with Crippen molar-refractivity contribution in [2.24, 2.45) is 0 Å². The van der Waals surface area contributed by atoms with Crippen LogP contribution < -0.4 is 16.6 Å². The maximum absolute atomic E-state index is 12.3. The number of aromatic amines is 1. The second-order valence-corrected chi connectivity index (χ2v) is 5.00. The quantitative estimate of drug-likeness (QED) is 0.783. The zero-order chi connectivity index (χ0) is 14.8. The van der Waals surface area contributed by atoms with Crippen LogP contribution in [0.25, 0.3) is 10.9 Å². The lowest BCUT2D eigenvalue weighted by Gasteiger charge is -2.27. The molecule has 3 rings (SSSR count). The fourth-order valence-electron chi connectivity index (χ4n) is 2.49.